The molecule has 2 rings (SSSR count). The topological polar surface area (TPSA) is 66.8 Å². The van der Waals surface area contributed by atoms with E-state index in [1.54, 1.807) is 0 Å². The highest BCUT2D eigenvalue weighted by Crippen LogP contribution is 2.20. The molecule has 7 heteroatoms. The first-order valence-corrected chi connectivity index (χ1v) is 5.97. The minimum Gasteiger partial charge on any atom is -0.478 e. The van der Waals surface area contributed by atoms with Crippen LogP contribution in [0.1, 0.15) is 20.7 Å². The minimum absolute atomic E-state index is 0.0334. The van der Waals surface area contributed by atoms with Crippen molar-refractivity contribution in [3.05, 3.63) is 35.4 Å². The third kappa shape index (κ3) is 3.30. The summed E-state index contributed by atoms with van der Waals surface area (Å²) in [5.74, 6) is -4.75. The van der Waals surface area contributed by atoms with Gasteiger partial charge in [0.15, 0.2) is 0 Å². The van der Waals surface area contributed by atoms with Gasteiger partial charge in [-0.15, -0.1) is 0 Å². The summed E-state index contributed by atoms with van der Waals surface area (Å²) in [4.78, 5) is 23.8. The Hall–Kier alpha value is -2.02. The highest BCUT2D eigenvalue weighted by atomic mass is 19.3. The third-order valence-corrected chi connectivity index (χ3v) is 2.91. The Bertz CT molecular complexity index is 516. The molecule has 1 aromatic carbocycles. The molecule has 0 spiro atoms. The molecular formula is C13H13F2NO4. The number of carboxylic acid groups (broad SMARTS) is 1. The Morgan fingerprint density at radius 1 is 1.20 bits per heavy atom. The molecule has 1 aliphatic heterocycles. The molecule has 5 nitrogen and oxygen atoms in total. The average molecular weight is 285 g/mol. The highest BCUT2D eigenvalue weighted by molar-refractivity contribution is 5.96. The lowest BCUT2D eigenvalue weighted by molar-refractivity contribution is -0.0660. The zero-order valence-corrected chi connectivity index (χ0v) is 10.5. The van der Waals surface area contributed by atoms with Gasteiger partial charge in [-0.25, -0.2) is 13.6 Å². The first-order valence-electron chi connectivity index (χ1n) is 5.97. The van der Waals surface area contributed by atoms with E-state index in [-0.39, 0.29) is 24.3 Å². The van der Waals surface area contributed by atoms with Crippen LogP contribution in [0.5, 0.6) is 0 Å². The number of rotatable bonds is 2. The Balaban J connectivity index is 2.15. The molecule has 0 bridgehead atoms. The zero-order chi connectivity index (χ0) is 14.8. The molecule has 1 amide bonds. The van der Waals surface area contributed by atoms with E-state index in [4.69, 9.17) is 9.84 Å². The maximum Gasteiger partial charge on any atom is 0.335 e. The molecule has 0 aliphatic carbocycles. The van der Waals surface area contributed by atoms with Crippen molar-refractivity contribution in [3.8, 4) is 0 Å². The van der Waals surface area contributed by atoms with Crippen molar-refractivity contribution in [1.29, 1.82) is 0 Å². The number of carbonyl (C=O) groups excluding carboxylic acids is 1. The predicted molar refractivity (Wildman–Crippen MR) is 65.1 cm³/mol. The van der Waals surface area contributed by atoms with Gasteiger partial charge >= 0.3 is 5.97 Å². The van der Waals surface area contributed by atoms with Crippen molar-refractivity contribution < 1.29 is 28.2 Å². The van der Waals surface area contributed by atoms with Crippen LogP contribution >= 0.6 is 0 Å². The largest absolute Gasteiger partial charge is 0.478 e. The molecule has 1 saturated heterocycles. The van der Waals surface area contributed by atoms with Crippen LogP contribution in [0.2, 0.25) is 0 Å². The van der Waals surface area contributed by atoms with E-state index in [0.717, 1.165) is 4.90 Å². The molecule has 0 radical (unpaired) electrons. The number of alkyl halides is 2. The fourth-order valence-corrected chi connectivity index (χ4v) is 1.91. The number of carbonyl (C=O) groups is 2. The molecule has 0 aromatic heterocycles. The molecule has 1 heterocycles. The highest BCUT2D eigenvalue weighted by Gasteiger charge is 2.36. The number of hydrogen-bond donors (Lipinski definition) is 1. The molecule has 0 atom stereocenters. The van der Waals surface area contributed by atoms with E-state index in [1.807, 2.05) is 0 Å². The van der Waals surface area contributed by atoms with Crippen LogP contribution in [0.4, 0.5) is 8.78 Å². The summed E-state index contributed by atoms with van der Waals surface area (Å²) >= 11 is 0. The second kappa shape index (κ2) is 5.54. The summed E-state index contributed by atoms with van der Waals surface area (Å²) in [7, 11) is 0. The van der Waals surface area contributed by atoms with Gasteiger partial charge in [0.05, 0.1) is 18.7 Å². The maximum atomic E-state index is 13.4. The summed E-state index contributed by atoms with van der Waals surface area (Å²) < 4.78 is 31.5. The molecule has 20 heavy (non-hydrogen) atoms. The Kier molecular flexibility index (Phi) is 3.99. The van der Waals surface area contributed by atoms with Crippen LogP contribution in [0.15, 0.2) is 24.3 Å². The van der Waals surface area contributed by atoms with E-state index in [2.05, 4.69) is 0 Å². The number of aromatic carboxylic acids is 1. The second-order valence-corrected chi connectivity index (χ2v) is 4.52. The van der Waals surface area contributed by atoms with Crippen LogP contribution in [0, 0.1) is 0 Å². The van der Waals surface area contributed by atoms with Gasteiger partial charge in [-0.2, -0.15) is 0 Å². The van der Waals surface area contributed by atoms with Gasteiger partial charge in [0.25, 0.3) is 11.8 Å². The summed E-state index contributed by atoms with van der Waals surface area (Å²) in [5.41, 5.74) is 0.207. The zero-order valence-electron chi connectivity index (χ0n) is 10.5. The average Bonchev–Trinajstić information content (AvgIpc) is 2.59. The van der Waals surface area contributed by atoms with Gasteiger partial charge in [0.1, 0.15) is 6.61 Å². The molecular weight excluding hydrogens is 272 g/mol. The number of ether oxygens (including phenoxy) is 1. The minimum atomic E-state index is -3.08. The summed E-state index contributed by atoms with van der Waals surface area (Å²) in [6.45, 7) is -1.27. The normalized spacial score (nSPS) is 18.4. The molecule has 0 unspecified atom stereocenters. The molecule has 1 N–H and O–H groups in total. The van der Waals surface area contributed by atoms with Crippen molar-refractivity contribution in [3.63, 3.8) is 0 Å². The van der Waals surface area contributed by atoms with Crippen LogP contribution in [0.3, 0.4) is 0 Å². The monoisotopic (exact) mass is 285 g/mol. The molecule has 108 valence electrons. The number of hydrogen-bond acceptors (Lipinski definition) is 3. The van der Waals surface area contributed by atoms with Crippen LogP contribution in [-0.2, 0) is 4.74 Å². The van der Waals surface area contributed by atoms with Gasteiger partial charge in [-0.3, -0.25) is 4.79 Å². The number of nitrogens with zero attached hydrogens (tertiary/aromatic N) is 1. The summed E-state index contributed by atoms with van der Waals surface area (Å²) in [6, 6.07) is 5.16. The summed E-state index contributed by atoms with van der Waals surface area (Å²) in [5, 5.41) is 8.76. The summed E-state index contributed by atoms with van der Waals surface area (Å²) in [6.07, 6.45) is 0. The lowest BCUT2D eigenvalue weighted by Gasteiger charge is -2.23. The smallest absolute Gasteiger partial charge is 0.335 e. The second-order valence-electron chi connectivity index (χ2n) is 4.52. The van der Waals surface area contributed by atoms with Crippen LogP contribution in [-0.4, -0.2) is 54.1 Å². The van der Waals surface area contributed by atoms with Crippen molar-refractivity contribution in [2.45, 2.75) is 5.92 Å². The van der Waals surface area contributed by atoms with Crippen LogP contribution in [0.25, 0.3) is 0 Å². The van der Waals surface area contributed by atoms with Crippen molar-refractivity contribution in [1.82, 2.24) is 4.90 Å². The number of halogens is 2. The quantitative estimate of drug-likeness (QED) is 0.894. The van der Waals surface area contributed by atoms with Gasteiger partial charge < -0.3 is 14.7 Å². The maximum absolute atomic E-state index is 13.4. The fourth-order valence-electron chi connectivity index (χ4n) is 1.91. The lowest BCUT2D eigenvalue weighted by atomic mass is 10.1. The number of carboxylic acids is 1. The van der Waals surface area contributed by atoms with E-state index < -0.39 is 31.0 Å². The molecule has 1 fully saturated rings. The Morgan fingerprint density at radius 2 is 1.80 bits per heavy atom. The molecule has 0 saturated carbocycles. The molecule has 1 aliphatic rings. The third-order valence-electron chi connectivity index (χ3n) is 2.91. The van der Waals surface area contributed by atoms with Gasteiger partial charge in [0.2, 0.25) is 0 Å². The first kappa shape index (κ1) is 14.4. The standard InChI is InChI=1S/C13H13F2NO4/c14-13(15)7-16(5-6-20-8-13)11(17)9-1-3-10(4-2-9)12(18)19/h1-4H,5-8H2,(H,18,19). The van der Waals surface area contributed by atoms with Crippen molar-refractivity contribution in [2.75, 3.05) is 26.3 Å². The van der Waals surface area contributed by atoms with E-state index in [0.29, 0.717) is 0 Å². The van der Waals surface area contributed by atoms with Gasteiger partial charge in [0, 0.05) is 12.1 Å². The van der Waals surface area contributed by atoms with Crippen molar-refractivity contribution in [2.24, 2.45) is 0 Å². The van der Waals surface area contributed by atoms with Gasteiger partial charge in [-0.1, -0.05) is 0 Å². The lowest BCUT2D eigenvalue weighted by Crippen LogP contribution is -2.41. The SMILES string of the molecule is O=C(O)c1ccc(C(=O)N2CCOCC(F)(F)C2)cc1. The van der Waals surface area contributed by atoms with Crippen LogP contribution < -0.4 is 0 Å². The number of amides is 1. The Morgan fingerprint density at radius 3 is 2.40 bits per heavy atom. The van der Waals surface area contributed by atoms with Crippen molar-refractivity contribution >= 4 is 11.9 Å². The van der Waals surface area contributed by atoms with E-state index in [9.17, 15) is 18.4 Å². The van der Waals surface area contributed by atoms with E-state index >= 15 is 0 Å². The van der Waals surface area contributed by atoms with E-state index in [1.165, 1.54) is 24.3 Å². The Labute approximate surface area is 113 Å². The predicted octanol–water partition coefficient (Wildman–Crippen LogP) is 1.49. The van der Waals surface area contributed by atoms with Gasteiger partial charge in [-0.05, 0) is 24.3 Å². The fraction of sp³-hybridized carbons (Fsp3) is 0.385. The first-order chi connectivity index (χ1) is 9.39. The molecule has 1 aromatic rings. The number of benzene rings is 1.